The monoisotopic (exact) mass is 289 g/mol. The Bertz CT molecular complexity index is 493. The minimum atomic E-state index is -1.35. The largest absolute Gasteiger partial charge is 1.00 e. The van der Waals surface area contributed by atoms with Crippen molar-refractivity contribution in [3.8, 4) is 6.07 Å². The van der Waals surface area contributed by atoms with Crippen molar-refractivity contribution in [1.29, 1.82) is 5.26 Å². The molecule has 2 N–H and O–H groups in total. The number of rotatable bonds is 1. The van der Waals surface area contributed by atoms with E-state index in [-0.39, 0.29) is 62.1 Å². The zero-order valence-corrected chi connectivity index (χ0v) is 13.6. The van der Waals surface area contributed by atoms with E-state index in [1.165, 1.54) is 12.1 Å². The minimum Gasteiger partial charge on any atom is -0.835 e. The number of benzene rings is 1. The van der Waals surface area contributed by atoms with Crippen LogP contribution in [-0.2, 0) is 0 Å². The van der Waals surface area contributed by atoms with Crippen LogP contribution < -0.4 is 67.1 Å². The predicted octanol–water partition coefficient (Wildman–Crippen LogP) is -2.83. The van der Waals surface area contributed by atoms with E-state index in [4.69, 9.17) is 17.5 Å². The Morgan fingerprint density at radius 3 is 2.61 bits per heavy atom. The number of halogens is 1. The van der Waals surface area contributed by atoms with Gasteiger partial charge in [0.25, 0.3) is 0 Å². The first-order chi connectivity index (χ1) is 8.13. The van der Waals surface area contributed by atoms with Gasteiger partial charge in [0.2, 0.25) is 0 Å². The Morgan fingerprint density at radius 2 is 2.00 bits per heavy atom. The first-order valence-electron chi connectivity index (χ1n) is 5.00. The zero-order chi connectivity index (χ0) is 12.4. The average Bonchev–Trinajstić information content (AvgIpc) is 2.28. The normalized spacial score (nSPS) is 26.3. The van der Waals surface area contributed by atoms with Crippen LogP contribution in [0.2, 0.25) is 0 Å². The first kappa shape index (κ1) is 16.0. The van der Waals surface area contributed by atoms with Gasteiger partial charge in [-0.25, -0.2) is 4.39 Å². The zero-order valence-electron chi connectivity index (χ0n) is 9.68. The molecular formula is C11H9FKN3OS. The van der Waals surface area contributed by atoms with Gasteiger partial charge in [-0.2, -0.15) is 5.26 Å². The van der Waals surface area contributed by atoms with Crippen molar-refractivity contribution < 1.29 is 60.9 Å². The molecule has 2 rings (SSSR count). The number of hydrogen-bond acceptors (Lipinski definition) is 3. The molecule has 1 aliphatic heterocycles. The Labute approximate surface area is 152 Å². The van der Waals surface area contributed by atoms with Crippen molar-refractivity contribution in [3.63, 3.8) is 0 Å². The van der Waals surface area contributed by atoms with Gasteiger partial charge in [0.05, 0.1) is 18.0 Å². The molecule has 3 unspecified atom stereocenters. The third-order valence-corrected chi connectivity index (χ3v) is 2.87. The van der Waals surface area contributed by atoms with Gasteiger partial charge in [0.1, 0.15) is 5.82 Å². The van der Waals surface area contributed by atoms with Crippen molar-refractivity contribution in [2.75, 3.05) is 0 Å². The topological polar surface area (TPSA) is 70.9 Å². The summed E-state index contributed by atoms with van der Waals surface area (Å²) in [6.45, 7) is 0. The molecule has 0 radical (unpaired) electrons. The van der Waals surface area contributed by atoms with Crippen LogP contribution in [0.4, 0.5) is 4.39 Å². The van der Waals surface area contributed by atoms with E-state index in [1.807, 2.05) is 6.07 Å². The van der Waals surface area contributed by atoms with E-state index in [9.17, 15) is 9.50 Å². The van der Waals surface area contributed by atoms with E-state index >= 15 is 0 Å². The van der Waals surface area contributed by atoms with Crippen molar-refractivity contribution in [2.45, 2.75) is 12.3 Å². The first-order valence-corrected chi connectivity index (χ1v) is 5.41. The molecular weight excluding hydrogens is 280 g/mol. The summed E-state index contributed by atoms with van der Waals surface area (Å²) in [5, 5.41) is 25.9. The Morgan fingerprint density at radius 1 is 1.33 bits per heavy atom. The SMILES string of the molecule is N#CC1C([O-])NC(=S)NC1c1ccccc1F.[K+]. The summed E-state index contributed by atoms with van der Waals surface area (Å²) in [7, 11) is 0. The molecule has 18 heavy (non-hydrogen) atoms. The minimum absolute atomic E-state index is 0. The van der Waals surface area contributed by atoms with Crippen LogP contribution >= 0.6 is 12.2 Å². The Kier molecular flexibility index (Phi) is 6.14. The number of nitriles is 1. The van der Waals surface area contributed by atoms with Crippen LogP contribution in [0.3, 0.4) is 0 Å². The fourth-order valence-corrected chi connectivity index (χ4v) is 2.05. The van der Waals surface area contributed by atoms with E-state index in [1.54, 1.807) is 12.1 Å². The van der Waals surface area contributed by atoms with Crippen molar-refractivity contribution >= 4 is 17.3 Å². The van der Waals surface area contributed by atoms with Crippen LogP contribution in [-0.4, -0.2) is 11.3 Å². The quantitative estimate of drug-likeness (QED) is 0.431. The molecule has 0 spiro atoms. The third-order valence-electron chi connectivity index (χ3n) is 2.63. The summed E-state index contributed by atoms with van der Waals surface area (Å²) in [5.41, 5.74) is 0.281. The second-order valence-electron chi connectivity index (χ2n) is 3.69. The molecule has 0 aliphatic carbocycles. The maximum atomic E-state index is 13.6. The summed E-state index contributed by atoms with van der Waals surface area (Å²) < 4.78 is 13.6. The van der Waals surface area contributed by atoms with Gasteiger partial charge in [0, 0.05) is 5.56 Å². The molecule has 0 saturated carbocycles. The molecule has 1 fully saturated rings. The van der Waals surface area contributed by atoms with Crippen molar-refractivity contribution in [2.24, 2.45) is 5.92 Å². The number of hydrogen-bond donors (Lipinski definition) is 2. The van der Waals surface area contributed by atoms with E-state index in [0.29, 0.717) is 0 Å². The summed E-state index contributed by atoms with van der Waals surface area (Å²) in [5.74, 6) is -1.37. The molecule has 88 valence electrons. The van der Waals surface area contributed by atoms with Gasteiger partial charge < -0.3 is 15.7 Å². The molecule has 7 heteroatoms. The van der Waals surface area contributed by atoms with Crippen molar-refractivity contribution in [3.05, 3.63) is 35.6 Å². The van der Waals surface area contributed by atoms with Crippen LogP contribution in [0, 0.1) is 23.1 Å². The molecule has 1 saturated heterocycles. The van der Waals surface area contributed by atoms with E-state index < -0.39 is 24.0 Å². The smallest absolute Gasteiger partial charge is 0.835 e. The van der Waals surface area contributed by atoms with Crippen LogP contribution in [0.15, 0.2) is 24.3 Å². The predicted molar refractivity (Wildman–Crippen MR) is 60.9 cm³/mol. The van der Waals surface area contributed by atoms with Gasteiger partial charge in [-0.15, -0.1) is 0 Å². The average molecular weight is 289 g/mol. The molecule has 1 aliphatic rings. The summed E-state index contributed by atoms with van der Waals surface area (Å²) in [4.78, 5) is 0. The Hall–Kier alpha value is -0.0736. The van der Waals surface area contributed by atoms with Crippen molar-refractivity contribution in [1.82, 2.24) is 10.6 Å². The fraction of sp³-hybridized carbons (Fsp3) is 0.273. The van der Waals surface area contributed by atoms with Gasteiger partial charge in [-0.05, 0) is 24.5 Å². The summed E-state index contributed by atoms with van der Waals surface area (Å²) in [6.07, 6.45) is -1.35. The molecule has 0 bridgehead atoms. The number of nitrogens with zero attached hydrogens (tertiary/aromatic N) is 1. The van der Waals surface area contributed by atoms with E-state index in [0.717, 1.165) is 0 Å². The van der Waals surface area contributed by atoms with Crippen LogP contribution in [0.25, 0.3) is 0 Å². The standard InChI is InChI=1S/C11H9FN3OS.K/c12-8-4-2-1-3-6(8)9-7(5-13)10(16)15-11(17)14-9;/h1-4,7,9-10H,(H2,14,15,17);/q-1;+1. The molecule has 1 aromatic rings. The van der Waals surface area contributed by atoms with Gasteiger partial charge in [-0.3, -0.25) is 0 Å². The molecule has 0 amide bonds. The van der Waals surface area contributed by atoms with Crippen LogP contribution in [0.5, 0.6) is 0 Å². The van der Waals surface area contributed by atoms with Gasteiger partial charge >= 0.3 is 51.4 Å². The fourth-order valence-electron chi connectivity index (χ4n) is 1.81. The Balaban J connectivity index is 0.00000162. The second-order valence-corrected chi connectivity index (χ2v) is 4.10. The van der Waals surface area contributed by atoms with E-state index in [2.05, 4.69) is 10.6 Å². The number of nitrogens with one attached hydrogen (secondary N) is 2. The maximum Gasteiger partial charge on any atom is 1.00 e. The van der Waals surface area contributed by atoms with Gasteiger partial charge in [0.15, 0.2) is 5.11 Å². The second kappa shape index (κ2) is 6.91. The summed E-state index contributed by atoms with van der Waals surface area (Å²) >= 11 is 4.85. The van der Waals surface area contributed by atoms with Crippen LogP contribution in [0.1, 0.15) is 11.6 Å². The number of thiocarbonyl (C=S) groups is 1. The molecule has 0 aromatic heterocycles. The third kappa shape index (κ3) is 3.27. The molecule has 3 atom stereocenters. The maximum absolute atomic E-state index is 13.6. The molecule has 1 heterocycles. The van der Waals surface area contributed by atoms with Gasteiger partial charge in [-0.1, -0.05) is 18.2 Å². The summed E-state index contributed by atoms with van der Waals surface area (Å²) in [6, 6.07) is 7.21. The molecule has 4 nitrogen and oxygen atoms in total. The molecule has 1 aromatic carbocycles.